The van der Waals surface area contributed by atoms with E-state index in [0.29, 0.717) is 17.3 Å². The van der Waals surface area contributed by atoms with Crippen LogP contribution in [0.15, 0.2) is 17.1 Å². The molecule has 2 rings (SSSR count). The Morgan fingerprint density at radius 2 is 2.29 bits per heavy atom. The molecule has 0 radical (unpaired) electrons. The van der Waals surface area contributed by atoms with Crippen LogP contribution in [0, 0.1) is 10.1 Å². The largest absolute Gasteiger partial charge is 0.490 e. The molecule has 0 saturated heterocycles. The summed E-state index contributed by atoms with van der Waals surface area (Å²) in [5, 5.41) is 10.8. The minimum Gasteiger partial charge on any atom is -0.490 e. The van der Waals surface area contributed by atoms with Crippen molar-refractivity contribution in [3.8, 4) is 11.5 Å². The van der Waals surface area contributed by atoms with Crippen molar-refractivity contribution in [3.05, 3.63) is 22.2 Å². The maximum absolute atomic E-state index is 10.8. The quantitative estimate of drug-likeness (QED) is 0.618. The van der Waals surface area contributed by atoms with Gasteiger partial charge in [0, 0.05) is 6.07 Å². The van der Waals surface area contributed by atoms with E-state index in [1.165, 1.54) is 19.2 Å². The van der Waals surface area contributed by atoms with Crippen molar-refractivity contribution < 1.29 is 14.4 Å². The number of fused-ring (bicyclic) bond motifs is 1. The lowest BCUT2D eigenvalue weighted by Gasteiger charge is -2.21. The van der Waals surface area contributed by atoms with E-state index >= 15 is 0 Å². The number of nitro benzene ring substituents is 1. The molecule has 1 aromatic rings. The SMILES string of the molecule is COc1cc2c(cc1[N+](=O)[O-])OC(C)C(N)=N2. The first-order valence-electron chi connectivity index (χ1n) is 4.90. The number of rotatable bonds is 2. The standard InChI is InChI=1S/C10H11N3O4/c1-5-10(11)12-6-3-9(16-2)7(13(14)15)4-8(6)17-5/h3-5H,1-2H3,(H2,11,12). The van der Waals surface area contributed by atoms with Crippen molar-refractivity contribution in [1.29, 1.82) is 0 Å². The van der Waals surface area contributed by atoms with Gasteiger partial charge in [-0.05, 0) is 6.92 Å². The summed E-state index contributed by atoms with van der Waals surface area (Å²) in [7, 11) is 1.36. The zero-order valence-electron chi connectivity index (χ0n) is 9.34. The van der Waals surface area contributed by atoms with Crippen LogP contribution in [0.3, 0.4) is 0 Å². The second-order valence-corrected chi connectivity index (χ2v) is 3.55. The highest BCUT2D eigenvalue weighted by atomic mass is 16.6. The molecule has 0 fully saturated rings. The molecule has 0 bridgehead atoms. The summed E-state index contributed by atoms with van der Waals surface area (Å²) in [6.07, 6.45) is -0.393. The number of nitrogens with zero attached hydrogens (tertiary/aromatic N) is 2. The lowest BCUT2D eigenvalue weighted by Crippen LogP contribution is -2.33. The fourth-order valence-electron chi connectivity index (χ4n) is 1.51. The van der Waals surface area contributed by atoms with Gasteiger partial charge in [0.1, 0.15) is 11.5 Å². The zero-order chi connectivity index (χ0) is 12.6. The third-order valence-corrected chi connectivity index (χ3v) is 2.43. The smallest absolute Gasteiger partial charge is 0.314 e. The Labute approximate surface area is 97.0 Å². The average molecular weight is 237 g/mol. The van der Waals surface area contributed by atoms with Crippen molar-refractivity contribution in [2.24, 2.45) is 10.7 Å². The van der Waals surface area contributed by atoms with Gasteiger partial charge in [-0.25, -0.2) is 4.99 Å². The summed E-state index contributed by atoms with van der Waals surface area (Å²) in [6, 6.07) is 2.73. The first-order chi connectivity index (χ1) is 8.02. The van der Waals surface area contributed by atoms with Crippen LogP contribution >= 0.6 is 0 Å². The number of aliphatic imine (C=N–C) groups is 1. The van der Waals surface area contributed by atoms with Gasteiger partial charge in [-0.3, -0.25) is 10.1 Å². The topological polar surface area (TPSA) is 100.0 Å². The third kappa shape index (κ3) is 1.86. The highest BCUT2D eigenvalue weighted by Gasteiger charge is 2.24. The van der Waals surface area contributed by atoms with Gasteiger partial charge in [0.2, 0.25) is 0 Å². The fourth-order valence-corrected chi connectivity index (χ4v) is 1.51. The predicted octanol–water partition coefficient (Wildman–Crippen LogP) is 1.37. The van der Waals surface area contributed by atoms with Crippen LogP contribution in [0.5, 0.6) is 11.5 Å². The van der Waals surface area contributed by atoms with Crippen LogP contribution in [0.4, 0.5) is 11.4 Å². The number of amidine groups is 1. The van der Waals surface area contributed by atoms with E-state index in [4.69, 9.17) is 15.2 Å². The van der Waals surface area contributed by atoms with Crippen molar-refractivity contribution in [3.63, 3.8) is 0 Å². The molecule has 1 atom stereocenters. The molecule has 0 spiro atoms. The molecular formula is C10H11N3O4. The lowest BCUT2D eigenvalue weighted by atomic mass is 10.2. The number of hydrogen-bond acceptors (Lipinski definition) is 6. The Morgan fingerprint density at radius 1 is 1.59 bits per heavy atom. The predicted molar refractivity (Wildman–Crippen MR) is 61.0 cm³/mol. The minimum absolute atomic E-state index is 0.128. The van der Waals surface area contributed by atoms with E-state index in [-0.39, 0.29) is 11.4 Å². The van der Waals surface area contributed by atoms with Crippen LogP contribution in [-0.4, -0.2) is 24.0 Å². The highest BCUT2D eigenvalue weighted by Crippen LogP contribution is 2.41. The molecule has 0 amide bonds. The van der Waals surface area contributed by atoms with E-state index < -0.39 is 11.0 Å². The van der Waals surface area contributed by atoms with E-state index in [2.05, 4.69) is 4.99 Å². The Balaban J connectivity index is 2.58. The van der Waals surface area contributed by atoms with E-state index in [1.54, 1.807) is 6.92 Å². The third-order valence-electron chi connectivity index (χ3n) is 2.43. The maximum Gasteiger partial charge on any atom is 0.314 e. The molecule has 1 aliphatic heterocycles. The van der Waals surface area contributed by atoms with Crippen LogP contribution < -0.4 is 15.2 Å². The molecule has 7 heteroatoms. The van der Waals surface area contributed by atoms with Crippen molar-refractivity contribution >= 4 is 17.2 Å². The molecule has 0 saturated carbocycles. The number of hydrogen-bond donors (Lipinski definition) is 1. The second kappa shape index (κ2) is 3.93. The highest BCUT2D eigenvalue weighted by molar-refractivity contribution is 5.90. The van der Waals surface area contributed by atoms with Gasteiger partial charge < -0.3 is 15.2 Å². The molecule has 7 nitrogen and oxygen atoms in total. The van der Waals surface area contributed by atoms with E-state index in [1.807, 2.05) is 0 Å². The minimum atomic E-state index is -0.533. The first-order valence-corrected chi connectivity index (χ1v) is 4.90. The van der Waals surface area contributed by atoms with Crippen LogP contribution in [0.2, 0.25) is 0 Å². The van der Waals surface area contributed by atoms with Crippen LogP contribution in [0.25, 0.3) is 0 Å². The Bertz CT molecular complexity index is 513. The van der Waals surface area contributed by atoms with Crippen LogP contribution in [0.1, 0.15) is 6.92 Å². The Kier molecular flexibility index (Phi) is 2.58. The molecule has 0 aliphatic carbocycles. The van der Waals surface area contributed by atoms with Crippen molar-refractivity contribution in [2.75, 3.05) is 7.11 Å². The van der Waals surface area contributed by atoms with Gasteiger partial charge in [-0.15, -0.1) is 0 Å². The molecule has 0 aromatic heterocycles. The Morgan fingerprint density at radius 3 is 2.88 bits per heavy atom. The molecule has 90 valence electrons. The normalized spacial score (nSPS) is 17.8. The molecule has 1 aliphatic rings. The first kappa shape index (κ1) is 11.2. The van der Waals surface area contributed by atoms with Crippen molar-refractivity contribution in [2.45, 2.75) is 13.0 Å². The number of nitrogens with two attached hydrogens (primary N) is 1. The van der Waals surface area contributed by atoms with Gasteiger partial charge in [0.25, 0.3) is 0 Å². The van der Waals surface area contributed by atoms with Crippen molar-refractivity contribution in [1.82, 2.24) is 0 Å². The van der Waals surface area contributed by atoms with Gasteiger partial charge in [0.15, 0.2) is 17.6 Å². The summed E-state index contributed by atoms with van der Waals surface area (Å²) in [6.45, 7) is 1.72. The second-order valence-electron chi connectivity index (χ2n) is 3.55. The summed E-state index contributed by atoms with van der Waals surface area (Å²) < 4.78 is 10.3. The summed E-state index contributed by atoms with van der Waals surface area (Å²) >= 11 is 0. The van der Waals surface area contributed by atoms with E-state index in [0.717, 1.165) is 0 Å². The van der Waals surface area contributed by atoms with Gasteiger partial charge >= 0.3 is 5.69 Å². The Hall–Kier alpha value is -2.31. The maximum atomic E-state index is 10.8. The molecule has 1 heterocycles. The number of ether oxygens (including phenoxy) is 2. The average Bonchev–Trinajstić information content (AvgIpc) is 2.29. The summed E-state index contributed by atoms with van der Waals surface area (Å²) in [4.78, 5) is 14.4. The summed E-state index contributed by atoms with van der Waals surface area (Å²) in [5.41, 5.74) is 5.91. The van der Waals surface area contributed by atoms with E-state index in [9.17, 15) is 10.1 Å². The molecule has 2 N–H and O–H groups in total. The van der Waals surface area contributed by atoms with Crippen LogP contribution in [-0.2, 0) is 0 Å². The summed E-state index contributed by atoms with van der Waals surface area (Å²) in [5.74, 6) is 0.788. The lowest BCUT2D eigenvalue weighted by molar-refractivity contribution is -0.385. The number of benzene rings is 1. The zero-order valence-corrected chi connectivity index (χ0v) is 9.34. The monoisotopic (exact) mass is 237 g/mol. The van der Waals surface area contributed by atoms with Gasteiger partial charge in [-0.1, -0.05) is 0 Å². The molecule has 1 aromatic carbocycles. The molecular weight excluding hydrogens is 226 g/mol. The van der Waals surface area contributed by atoms with Gasteiger partial charge in [0.05, 0.1) is 18.1 Å². The van der Waals surface area contributed by atoms with Gasteiger partial charge in [-0.2, -0.15) is 0 Å². The molecule has 17 heavy (non-hydrogen) atoms. The number of methoxy groups -OCH3 is 1. The molecule has 1 unspecified atom stereocenters. The number of nitro groups is 1. The fraction of sp³-hybridized carbons (Fsp3) is 0.300.